The zero-order chi connectivity index (χ0) is 16.5. The van der Waals surface area contributed by atoms with Crippen LogP contribution >= 0.6 is 0 Å². The Kier molecular flexibility index (Phi) is 3.42. The van der Waals surface area contributed by atoms with Crippen LogP contribution in [0.25, 0.3) is 11.4 Å². The number of carbonyl (C=O) groups excluding carboxylic acids is 1. The summed E-state index contributed by atoms with van der Waals surface area (Å²) in [6.07, 6.45) is 0. The van der Waals surface area contributed by atoms with Crippen molar-refractivity contribution in [3.63, 3.8) is 0 Å². The average Bonchev–Trinajstić information content (AvgIpc) is 3.23. The third-order valence-corrected chi connectivity index (χ3v) is 3.52. The standard InChI is InChI=1S/C16H11FN4O3/c17-12-3-1-2-11(6-12)16-18-20-21(19-16)8-13(22)10-4-5-14-15(7-10)24-9-23-14/h1-7H,8-9H2. The molecule has 0 saturated carbocycles. The predicted octanol–water partition coefficient (Wildman–Crippen LogP) is 2.09. The molecule has 24 heavy (non-hydrogen) atoms. The molecule has 0 amide bonds. The molecule has 0 fully saturated rings. The van der Waals surface area contributed by atoms with Gasteiger partial charge in [-0.25, -0.2) is 4.39 Å². The molecule has 0 atom stereocenters. The molecule has 1 aromatic heterocycles. The summed E-state index contributed by atoms with van der Waals surface area (Å²) >= 11 is 0. The minimum atomic E-state index is -0.389. The Bertz CT molecular complexity index is 925. The number of benzene rings is 2. The maximum atomic E-state index is 13.2. The van der Waals surface area contributed by atoms with Crippen LogP contribution in [0, 0.1) is 5.82 Å². The van der Waals surface area contributed by atoms with Crippen LogP contribution in [-0.4, -0.2) is 32.8 Å². The fourth-order valence-corrected chi connectivity index (χ4v) is 2.34. The number of nitrogens with zero attached hydrogens (tertiary/aromatic N) is 4. The average molecular weight is 326 g/mol. The number of hydrogen-bond donors (Lipinski definition) is 0. The SMILES string of the molecule is O=C(Cn1nnc(-c2cccc(F)c2)n1)c1ccc2c(c1)OCO2. The summed E-state index contributed by atoms with van der Waals surface area (Å²) in [5.74, 6) is 0.816. The van der Waals surface area contributed by atoms with Crippen molar-refractivity contribution in [2.75, 3.05) is 6.79 Å². The Balaban J connectivity index is 1.52. The van der Waals surface area contributed by atoms with Crippen molar-refractivity contribution < 1.29 is 18.7 Å². The number of ether oxygens (including phenoxy) is 2. The van der Waals surface area contributed by atoms with Gasteiger partial charge in [-0.1, -0.05) is 12.1 Å². The van der Waals surface area contributed by atoms with Crippen molar-refractivity contribution in [2.45, 2.75) is 6.54 Å². The van der Waals surface area contributed by atoms with Gasteiger partial charge in [0, 0.05) is 11.1 Å². The topological polar surface area (TPSA) is 79.1 Å². The monoisotopic (exact) mass is 326 g/mol. The molecule has 3 aromatic rings. The Morgan fingerprint density at radius 3 is 2.92 bits per heavy atom. The maximum absolute atomic E-state index is 13.2. The van der Waals surface area contributed by atoms with Gasteiger partial charge < -0.3 is 9.47 Å². The minimum Gasteiger partial charge on any atom is -0.454 e. The molecule has 8 heteroatoms. The van der Waals surface area contributed by atoms with E-state index >= 15 is 0 Å². The van der Waals surface area contributed by atoms with E-state index in [1.54, 1.807) is 30.3 Å². The van der Waals surface area contributed by atoms with E-state index in [1.807, 2.05) is 0 Å². The summed E-state index contributed by atoms with van der Waals surface area (Å²) in [4.78, 5) is 13.5. The number of tetrazole rings is 1. The van der Waals surface area contributed by atoms with E-state index in [9.17, 15) is 9.18 Å². The smallest absolute Gasteiger partial charge is 0.231 e. The molecule has 0 radical (unpaired) electrons. The number of ketones is 1. The Morgan fingerprint density at radius 1 is 1.17 bits per heavy atom. The molecule has 0 saturated heterocycles. The lowest BCUT2D eigenvalue weighted by atomic mass is 10.1. The van der Waals surface area contributed by atoms with Crippen LogP contribution in [0.15, 0.2) is 42.5 Å². The van der Waals surface area contributed by atoms with E-state index in [1.165, 1.54) is 16.9 Å². The first-order chi connectivity index (χ1) is 11.7. The van der Waals surface area contributed by atoms with Crippen LogP contribution < -0.4 is 9.47 Å². The normalized spacial score (nSPS) is 12.4. The van der Waals surface area contributed by atoms with Crippen molar-refractivity contribution in [3.05, 3.63) is 53.8 Å². The van der Waals surface area contributed by atoms with Gasteiger partial charge in [0.25, 0.3) is 0 Å². The number of hydrogen-bond acceptors (Lipinski definition) is 6. The second-order valence-corrected chi connectivity index (χ2v) is 5.15. The molecule has 0 bridgehead atoms. The van der Waals surface area contributed by atoms with Crippen molar-refractivity contribution >= 4 is 5.78 Å². The highest BCUT2D eigenvalue weighted by Gasteiger charge is 2.17. The lowest BCUT2D eigenvalue weighted by Gasteiger charge is -2.01. The van der Waals surface area contributed by atoms with E-state index in [0.717, 1.165) is 0 Å². The quantitative estimate of drug-likeness (QED) is 0.683. The van der Waals surface area contributed by atoms with Gasteiger partial charge in [0.2, 0.25) is 12.6 Å². The lowest BCUT2D eigenvalue weighted by Crippen LogP contribution is -2.13. The van der Waals surface area contributed by atoms with Gasteiger partial charge in [-0.15, -0.1) is 10.2 Å². The van der Waals surface area contributed by atoms with Crippen molar-refractivity contribution in [2.24, 2.45) is 0 Å². The van der Waals surface area contributed by atoms with Gasteiger partial charge in [-0.2, -0.15) is 4.80 Å². The van der Waals surface area contributed by atoms with Gasteiger partial charge in [-0.3, -0.25) is 4.79 Å². The minimum absolute atomic E-state index is 0.0814. The number of rotatable bonds is 4. The third-order valence-electron chi connectivity index (χ3n) is 3.52. The summed E-state index contributed by atoms with van der Waals surface area (Å²) in [6, 6.07) is 10.8. The van der Waals surface area contributed by atoms with Gasteiger partial charge in [0.15, 0.2) is 17.3 Å². The number of halogens is 1. The molecule has 120 valence electrons. The van der Waals surface area contributed by atoms with E-state index < -0.39 is 0 Å². The number of aromatic nitrogens is 4. The molecule has 2 heterocycles. The molecule has 0 spiro atoms. The highest BCUT2D eigenvalue weighted by atomic mass is 19.1. The molecule has 1 aliphatic heterocycles. The van der Waals surface area contributed by atoms with Crippen LogP contribution in [0.5, 0.6) is 11.5 Å². The van der Waals surface area contributed by atoms with Gasteiger partial charge >= 0.3 is 0 Å². The van der Waals surface area contributed by atoms with E-state index in [4.69, 9.17) is 9.47 Å². The molecule has 2 aromatic carbocycles. The van der Waals surface area contributed by atoms with Crippen LogP contribution in [0.1, 0.15) is 10.4 Å². The van der Waals surface area contributed by atoms with E-state index in [2.05, 4.69) is 15.4 Å². The highest BCUT2D eigenvalue weighted by Crippen LogP contribution is 2.32. The zero-order valence-corrected chi connectivity index (χ0v) is 12.3. The fourth-order valence-electron chi connectivity index (χ4n) is 2.34. The van der Waals surface area contributed by atoms with Crippen LogP contribution in [0.2, 0.25) is 0 Å². The first-order valence-corrected chi connectivity index (χ1v) is 7.16. The highest BCUT2D eigenvalue weighted by molar-refractivity contribution is 5.96. The first kappa shape index (κ1) is 14.3. The van der Waals surface area contributed by atoms with Crippen molar-refractivity contribution in [1.82, 2.24) is 20.2 Å². The molecule has 1 aliphatic rings. The van der Waals surface area contributed by atoms with E-state index in [-0.39, 0.29) is 30.8 Å². The second-order valence-electron chi connectivity index (χ2n) is 5.15. The molecular formula is C16H11FN4O3. The Morgan fingerprint density at radius 2 is 2.04 bits per heavy atom. The summed E-state index contributed by atoms with van der Waals surface area (Å²) in [5, 5.41) is 11.8. The molecule has 0 unspecified atom stereocenters. The fraction of sp³-hybridized carbons (Fsp3) is 0.125. The Hall–Kier alpha value is -3.29. The molecule has 7 nitrogen and oxygen atoms in total. The molecular weight excluding hydrogens is 315 g/mol. The van der Waals surface area contributed by atoms with E-state index in [0.29, 0.717) is 22.6 Å². The Labute approximate surface area is 135 Å². The van der Waals surface area contributed by atoms with Crippen molar-refractivity contribution in [3.8, 4) is 22.9 Å². The lowest BCUT2D eigenvalue weighted by molar-refractivity contribution is 0.0961. The number of carbonyl (C=O) groups is 1. The van der Waals surface area contributed by atoms with Crippen LogP contribution in [0.3, 0.4) is 0 Å². The summed E-state index contributed by atoms with van der Waals surface area (Å²) in [6.45, 7) is 0.0660. The van der Waals surface area contributed by atoms with Crippen LogP contribution in [-0.2, 0) is 6.54 Å². The third kappa shape index (κ3) is 2.69. The number of Topliss-reactive ketones (excluding diaryl/α,β-unsaturated/α-hetero) is 1. The summed E-state index contributed by atoms with van der Waals surface area (Å²) in [5.41, 5.74) is 0.959. The first-order valence-electron chi connectivity index (χ1n) is 7.16. The molecule has 0 N–H and O–H groups in total. The van der Waals surface area contributed by atoms with Gasteiger partial charge in [-0.05, 0) is 35.5 Å². The summed E-state index contributed by atoms with van der Waals surface area (Å²) < 4.78 is 23.7. The van der Waals surface area contributed by atoms with Crippen LogP contribution in [0.4, 0.5) is 4.39 Å². The summed E-state index contributed by atoms with van der Waals surface area (Å²) in [7, 11) is 0. The second kappa shape index (κ2) is 5.73. The van der Waals surface area contributed by atoms with Gasteiger partial charge in [0.1, 0.15) is 12.4 Å². The number of fused-ring (bicyclic) bond motifs is 1. The molecule has 4 rings (SSSR count). The predicted molar refractivity (Wildman–Crippen MR) is 80.1 cm³/mol. The zero-order valence-electron chi connectivity index (χ0n) is 12.3. The largest absolute Gasteiger partial charge is 0.454 e. The van der Waals surface area contributed by atoms with Gasteiger partial charge in [0.05, 0.1) is 0 Å². The molecule has 0 aliphatic carbocycles. The maximum Gasteiger partial charge on any atom is 0.231 e. The van der Waals surface area contributed by atoms with Crippen molar-refractivity contribution in [1.29, 1.82) is 0 Å².